The highest BCUT2D eigenvalue weighted by Crippen LogP contribution is 2.45. The third-order valence-corrected chi connectivity index (χ3v) is 6.34. The van der Waals surface area contributed by atoms with Gasteiger partial charge in [-0.2, -0.15) is 23.5 Å². The molecule has 0 aromatic heterocycles. The number of thioether (sulfide) groups is 2. The quantitative estimate of drug-likeness (QED) is 0.638. The molecule has 0 nitrogen and oxygen atoms in total. The van der Waals surface area contributed by atoms with Crippen LogP contribution in [0.25, 0.3) is 0 Å². The molecule has 0 N–H and O–H groups in total. The summed E-state index contributed by atoms with van der Waals surface area (Å²) in [6.45, 7) is 4.77. The molecule has 0 aromatic carbocycles. The summed E-state index contributed by atoms with van der Waals surface area (Å²) in [5, 5.41) is 3.86. The van der Waals surface area contributed by atoms with Gasteiger partial charge in [0, 0.05) is 21.0 Å². The summed E-state index contributed by atoms with van der Waals surface area (Å²) in [7, 11) is 0. The van der Waals surface area contributed by atoms with Crippen LogP contribution in [-0.4, -0.2) is 21.0 Å². The highest BCUT2D eigenvalue weighted by molar-refractivity contribution is 8.04. The van der Waals surface area contributed by atoms with Crippen molar-refractivity contribution in [3.63, 3.8) is 0 Å². The molecule has 0 aliphatic carbocycles. The molecular weight excluding hydrogens is 184 g/mol. The Kier molecular flexibility index (Phi) is 2.96. The second-order valence-electron chi connectivity index (χ2n) is 4.13. The van der Waals surface area contributed by atoms with Crippen LogP contribution < -0.4 is 0 Å². The summed E-state index contributed by atoms with van der Waals surface area (Å²) >= 11 is 4.49. The Morgan fingerprint density at radius 3 is 1.42 bits per heavy atom. The fourth-order valence-electron chi connectivity index (χ4n) is 2.21. The fourth-order valence-corrected chi connectivity index (χ4v) is 5.50. The van der Waals surface area contributed by atoms with E-state index in [9.17, 15) is 0 Å². The van der Waals surface area contributed by atoms with E-state index in [1.165, 1.54) is 25.7 Å². The van der Waals surface area contributed by atoms with Gasteiger partial charge in [0.15, 0.2) is 0 Å². The van der Waals surface area contributed by atoms with Crippen LogP contribution in [0, 0.1) is 0 Å². The maximum atomic E-state index is 2.38. The molecule has 0 saturated carbocycles. The highest BCUT2D eigenvalue weighted by atomic mass is 32.2. The van der Waals surface area contributed by atoms with Crippen LogP contribution in [0.15, 0.2) is 0 Å². The van der Waals surface area contributed by atoms with Gasteiger partial charge < -0.3 is 0 Å². The summed E-state index contributed by atoms with van der Waals surface area (Å²) in [6.07, 6.45) is 5.88. The molecule has 2 fully saturated rings. The minimum Gasteiger partial charge on any atom is -0.154 e. The van der Waals surface area contributed by atoms with Crippen LogP contribution in [0.5, 0.6) is 0 Å². The second kappa shape index (κ2) is 3.83. The smallest absolute Gasteiger partial charge is 0.0169 e. The molecule has 4 atom stereocenters. The Bertz CT molecular complexity index is 140. The van der Waals surface area contributed by atoms with Crippen LogP contribution in [0.2, 0.25) is 0 Å². The normalized spacial score (nSPS) is 48.5. The van der Waals surface area contributed by atoms with Gasteiger partial charge in [-0.3, -0.25) is 0 Å². The minimum absolute atomic E-state index is 0.937. The molecule has 2 heteroatoms. The standard InChI is InChI=1S/C10H18S2/c1-7-3-5-9(11-7)10-6-4-8(2)12-10/h7-10H,3-6H2,1-2H3. The zero-order valence-electron chi connectivity index (χ0n) is 7.95. The van der Waals surface area contributed by atoms with Crippen LogP contribution >= 0.6 is 23.5 Å². The summed E-state index contributed by atoms with van der Waals surface area (Å²) in [5.74, 6) is 0. The first kappa shape index (κ1) is 9.26. The van der Waals surface area contributed by atoms with E-state index >= 15 is 0 Å². The van der Waals surface area contributed by atoms with Gasteiger partial charge in [-0.15, -0.1) is 0 Å². The lowest BCUT2D eigenvalue weighted by Crippen LogP contribution is -2.13. The van der Waals surface area contributed by atoms with Crippen molar-refractivity contribution in [2.24, 2.45) is 0 Å². The van der Waals surface area contributed by atoms with Crippen molar-refractivity contribution in [3.05, 3.63) is 0 Å². The predicted molar refractivity (Wildman–Crippen MR) is 60.2 cm³/mol. The number of hydrogen-bond acceptors (Lipinski definition) is 2. The van der Waals surface area contributed by atoms with Crippen LogP contribution in [-0.2, 0) is 0 Å². The average Bonchev–Trinajstić information content (AvgIpc) is 2.58. The van der Waals surface area contributed by atoms with Crippen molar-refractivity contribution in [3.8, 4) is 0 Å². The van der Waals surface area contributed by atoms with Crippen molar-refractivity contribution in [1.82, 2.24) is 0 Å². The zero-order valence-corrected chi connectivity index (χ0v) is 9.59. The van der Waals surface area contributed by atoms with Gasteiger partial charge in [0.05, 0.1) is 0 Å². The molecule has 0 radical (unpaired) electrons. The number of hydrogen-bond donors (Lipinski definition) is 0. The van der Waals surface area contributed by atoms with Crippen LogP contribution in [0.3, 0.4) is 0 Å². The maximum Gasteiger partial charge on any atom is 0.0169 e. The Morgan fingerprint density at radius 2 is 1.17 bits per heavy atom. The van der Waals surface area contributed by atoms with Crippen molar-refractivity contribution in [1.29, 1.82) is 0 Å². The molecule has 0 bridgehead atoms. The van der Waals surface area contributed by atoms with E-state index in [1.54, 1.807) is 0 Å². The molecule has 4 unspecified atom stereocenters. The van der Waals surface area contributed by atoms with Gasteiger partial charge in [0.2, 0.25) is 0 Å². The molecule has 2 aliphatic rings. The first-order chi connectivity index (χ1) is 5.75. The summed E-state index contributed by atoms with van der Waals surface area (Å²) in [6, 6.07) is 0. The highest BCUT2D eigenvalue weighted by Gasteiger charge is 2.33. The molecule has 70 valence electrons. The van der Waals surface area contributed by atoms with Crippen LogP contribution in [0.1, 0.15) is 39.5 Å². The SMILES string of the molecule is CC1CCC(C2CCC(C)S2)S1. The third kappa shape index (κ3) is 1.95. The first-order valence-corrected chi connectivity index (χ1v) is 6.95. The Labute approximate surface area is 84.3 Å². The molecule has 0 amide bonds. The molecule has 0 spiro atoms. The topological polar surface area (TPSA) is 0 Å². The van der Waals surface area contributed by atoms with E-state index in [2.05, 4.69) is 37.4 Å². The predicted octanol–water partition coefficient (Wildman–Crippen LogP) is 3.55. The lowest BCUT2D eigenvalue weighted by molar-refractivity contribution is 0.674. The average molecular weight is 202 g/mol. The molecule has 12 heavy (non-hydrogen) atoms. The van der Waals surface area contributed by atoms with Gasteiger partial charge in [-0.1, -0.05) is 13.8 Å². The van der Waals surface area contributed by atoms with Crippen molar-refractivity contribution in [2.75, 3.05) is 0 Å². The third-order valence-electron chi connectivity index (χ3n) is 2.94. The lowest BCUT2D eigenvalue weighted by atomic mass is 10.1. The van der Waals surface area contributed by atoms with Crippen molar-refractivity contribution < 1.29 is 0 Å². The van der Waals surface area contributed by atoms with Gasteiger partial charge in [-0.05, 0) is 25.7 Å². The summed E-state index contributed by atoms with van der Waals surface area (Å²) in [4.78, 5) is 0. The van der Waals surface area contributed by atoms with Gasteiger partial charge >= 0.3 is 0 Å². The minimum atomic E-state index is 0.937. The number of rotatable bonds is 1. The van der Waals surface area contributed by atoms with Gasteiger partial charge in [0.1, 0.15) is 0 Å². The van der Waals surface area contributed by atoms with E-state index < -0.39 is 0 Å². The first-order valence-electron chi connectivity index (χ1n) is 5.06. The Morgan fingerprint density at radius 1 is 0.750 bits per heavy atom. The second-order valence-corrected chi connectivity index (χ2v) is 7.49. The van der Waals surface area contributed by atoms with Crippen molar-refractivity contribution >= 4 is 23.5 Å². The van der Waals surface area contributed by atoms with Gasteiger partial charge in [0.25, 0.3) is 0 Å². The molecule has 2 heterocycles. The van der Waals surface area contributed by atoms with Gasteiger partial charge in [-0.25, -0.2) is 0 Å². The monoisotopic (exact) mass is 202 g/mol. The van der Waals surface area contributed by atoms with E-state index in [-0.39, 0.29) is 0 Å². The summed E-state index contributed by atoms with van der Waals surface area (Å²) in [5.41, 5.74) is 0. The Balaban J connectivity index is 1.85. The fraction of sp³-hybridized carbons (Fsp3) is 1.00. The van der Waals surface area contributed by atoms with Crippen LogP contribution in [0.4, 0.5) is 0 Å². The molecule has 0 aromatic rings. The Hall–Kier alpha value is 0.700. The van der Waals surface area contributed by atoms with E-state index in [0.29, 0.717) is 0 Å². The van der Waals surface area contributed by atoms with E-state index in [0.717, 1.165) is 21.0 Å². The lowest BCUT2D eigenvalue weighted by Gasteiger charge is -2.16. The molecular formula is C10H18S2. The molecule has 2 aliphatic heterocycles. The van der Waals surface area contributed by atoms with E-state index in [4.69, 9.17) is 0 Å². The van der Waals surface area contributed by atoms with E-state index in [1.807, 2.05) is 0 Å². The maximum absolute atomic E-state index is 2.38. The summed E-state index contributed by atoms with van der Waals surface area (Å²) < 4.78 is 0. The zero-order chi connectivity index (χ0) is 8.55. The van der Waals surface area contributed by atoms with Crippen molar-refractivity contribution in [2.45, 2.75) is 60.5 Å². The molecule has 2 rings (SSSR count). The molecule has 2 saturated heterocycles. The largest absolute Gasteiger partial charge is 0.154 e.